The summed E-state index contributed by atoms with van der Waals surface area (Å²) in [5.74, 6) is 1.72. The lowest BCUT2D eigenvalue weighted by atomic mass is 9.91. The molecule has 0 spiro atoms. The van der Waals surface area contributed by atoms with E-state index < -0.39 is 0 Å². The molecule has 2 fully saturated rings. The van der Waals surface area contributed by atoms with Gasteiger partial charge < -0.3 is 11.1 Å². The molecule has 1 amide bonds. The molecule has 0 aromatic heterocycles. The Morgan fingerprint density at radius 1 is 1.18 bits per heavy atom. The van der Waals surface area contributed by atoms with Gasteiger partial charge in [-0.15, -0.1) is 0 Å². The maximum atomic E-state index is 11.9. The van der Waals surface area contributed by atoms with E-state index in [4.69, 9.17) is 5.73 Å². The number of amides is 1. The molecular weight excluding hydrogens is 212 g/mol. The summed E-state index contributed by atoms with van der Waals surface area (Å²) in [6.45, 7) is 2.29. The van der Waals surface area contributed by atoms with Gasteiger partial charge in [-0.05, 0) is 50.4 Å². The molecule has 2 saturated carbocycles. The molecule has 2 atom stereocenters. The van der Waals surface area contributed by atoms with Gasteiger partial charge in [0.2, 0.25) is 5.91 Å². The minimum absolute atomic E-state index is 0.268. The summed E-state index contributed by atoms with van der Waals surface area (Å²) < 4.78 is 0. The quantitative estimate of drug-likeness (QED) is 0.792. The molecule has 3 nitrogen and oxygen atoms in total. The largest absolute Gasteiger partial charge is 0.353 e. The first-order chi connectivity index (χ1) is 8.13. The van der Waals surface area contributed by atoms with Crippen molar-refractivity contribution in [3.05, 3.63) is 0 Å². The molecule has 2 aliphatic carbocycles. The maximum Gasteiger partial charge on any atom is 0.220 e. The van der Waals surface area contributed by atoms with Crippen LogP contribution in [-0.4, -0.2) is 18.0 Å². The molecule has 0 saturated heterocycles. The van der Waals surface area contributed by atoms with Gasteiger partial charge in [0, 0.05) is 18.5 Å². The van der Waals surface area contributed by atoms with Crippen LogP contribution in [0.4, 0.5) is 0 Å². The van der Waals surface area contributed by atoms with E-state index in [2.05, 4.69) is 12.2 Å². The predicted octanol–water partition coefficient (Wildman–Crippen LogP) is 2.20. The molecule has 2 aliphatic rings. The van der Waals surface area contributed by atoms with E-state index in [0.717, 1.165) is 38.0 Å². The third-order valence-corrected chi connectivity index (χ3v) is 4.41. The zero-order valence-electron chi connectivity index (χ0n) is 11.0. The topological polar surface area (TPSA) is 55.1 Å². The second-order valence-corrected chi connectivity index (χ2v) is 6.17. The molecule has 0 bridgehead atoms. The highest BCUT2D eigenvalue weighted by Gasteiger charge is 2.25. The Hall–Kier alpha value is -0.570. The fraction of sp³-hybridized carbons (Fsp3) is 0.929. The van der Waals surface area contributed by atoms with E-state index in [-0.39, 0.29) is 5.91 Å². The number of carbonyl (C=O) groups excluding carboxylic acids is 1. The van der Waals surface area contributed by atoms with Crippen molar-refractivity contribution < 1.29 is 4.79 Å². The molecule has 98 valence electrons. The maximum absolute atomic E-state index is 11.9. The number of carbonyl (C=O) groups is 1. The van der Waals surface area contributed by atoms with Crippen molar-refractivity contribution in [2.75, 3.05) is 0 Å². The first kappa shape index (κ1) is 12.9. The number of hydrogen-bond donors (Lipinski definition) is 2. The molecule has 0 aliphatic heterocycles. The summed E-state index contributed by atoms with van der Waals surface area (Å²) >= 11 is 0. The molecular formula is C14H26N2O. The van der Waals surface area contributed by atoms with Gasteiger partial charge in [0.15, 0.2) is 0 Å². The normalized spacial score (nSPS) is 38.0. The summed E-state index contributed by atoms with van der Waals surface area (Å²) in [5.41, 5.74) is 5.86. The lowest BCUT2D eigenvalue weighted by molar-refractivity contribution is -0.122. The number of nitrogens with two attached hydrogens (primary N) is 1. The lowest BCUT2D eigenvalue weighted by Crippen LogP contribution is -2.40. The van der Waals surface area contributed by atoms with Crippen LogP contribution in [0.3, 0.4) is 0 Å². The van der Waals surface area contributed by atoms with Gasteiger partial charge in [0.05, 0.1) is 0 Å². The average Bonchev–Trinajstić information content (AvgIpc) is 2.67. The average molecular weight is 238 g/mol. The Balaban J connectivity index is 1.67. The summed E-state index contributed by atoms with van der Waals surface area (Å²) in [6.07, 6.45) is 8.77. The highest BCUT2D eigenvalue weighted by Crippen LogP contribution is 2.32. The second-order valence-electron chi connectivity index (χ2n) is 6.17. The van der Waals surface area contributed by atoms with Crippen LogP contribution in [0.25, 0.3) is 0 Å². The van der Waals surface area contributed by atoms with E-state index >= 15 is 0 Å². The van der Waals surface area contributed by atoms with Gasteiger partial charge in [-0.25, -0.2) is 0 Å². The van der Waals surface area contributed by atoms with Gasteiger partial charge >= 0.3 is 0 Å². The first-order valence-corrected chi connectivity index (χ1v) is 7.18. The molecule has 2 unspecified atom stereocenters. The zero-order valence-corrected chi connectivity index (χ0v) is 11.0. The van der Waals surface area contributed by atoms with Gasteiger partial charge in [-0.1, -0.05) is 13.3 Å². The van der Waals surface area contributed by atoms with Crippen molar-refractivity contribution in [1.82, 2.24) is 5.32 Å². The predicted molar refractivity (Wildman–Crippen MR) is 69.5 cm³/mol. The van der Waals surface area contributed by atoms with Crippen molar-refractivity contribution in [3.63, 3.8) is 0 Å². The lowest BCUT2D eigenvalue weighted by Gasteiger charge is -2.27. The van der Waals surface area contributed by atoms with Gasteiger partial charge in [0.25, 0.3) is 0 Å². The van der Waals surface area contributed by atoms with Crippen molar-refractivity contribution in [1.29, 1.82) is 0 Å². The first-order valence-electron chi connectivity index (χ1n) is 7.18. The Kier molecular flexibility index (Phi) is 4.43. The van der Waals surface area contributed by atoms with E-state index in [1.165, 1.54) is 19.3 Å². The zero-order chi connectivity index (χ0) is 12.3. The minimum Gasteiger partial charge on any atom is -0.353 e. The molecule has 0 aromatic carbocycles. The Morgan fingerprint density at radius 2 is 1.88 bits per heavy atom. The Morgan fingerprint density at radius 3 is 2.47 bits per heavy atom. The molecule has 3 N–H and O–H groups in total. The molecule has 3 heteroatoms. The van der Waals surface area contributed by atoms with E-state index in [9.17, 15) is 4.79 Å². The van der Waals surface area contributed by atoms with Crippen molar-refractivity contribution in [2.45, 2.75) is 70.4 Å². The smallest absolute Gasteiger partial charge is 0.220 e. The molecule has 17 heavy (non-hydrogen) atoms. The summed E-state index contributed by atoms with van der Waals surface area (Å²) in [7, 11) is 0. The van der Waals surface area contributed by atoms with Crippen LogP contribution < -0.4 is 11.1 Å². The van der Waals surface area contributed by atoms with Crippen molar-refractivity contribution in [3.8, 4) is 0 Å². The van der Waals surface area contributed by atoms with Gasteiger partial charge in [-0.3, -0.25) is 4.79 Å². The van der Waals surface area contributed by atoms with E-state index in [1.54, 1.807) is 0 Å². The van der Waals surface area contributed by atoms with Crippen LogP contribution in [0, 0.1) is 11.8 Å². The molecule has 2 rings (SSSR count). The van der Waals surface area contributed by atoms with Gasteiger partial charge in [-0.2, -0.15) is 0 Å². The van der Waals surface area contributed by atoms with Gasteiger partial charge in [0.1, 0.15) is 0 Å². The van der Waals surface area contributed by atoms with Crippen LogP contribution in [0.15, 0.2) is 0 Å². The third-order valence-electron chi connectivity index (χ3n) is 4.41. The molecule has 0 aromatic rings. The van der Waals surface area contributed by atoms with E-state index in [1.807, 2.05) is 0 Å². The third kappa shape index (κ3) is 3.98. The van der Waals surface area contributed by atoms with E-state index in [0.29, 0.717) is 18.0 Å². The highest BCUT2D eigenvalue weighted by atomic mass is 16.1. The van der Waals surface area contributed by atoms with Crippen LogP contribution in [0.5, 0.6) is 0 Å². The minimum atomic E-state index is 0.268. The SMILES string of the molecule is CC1CCC(CC(=O)NC2CCC(N)CC2)C1. The van der Waals surface area contributed by atoms with Crippen LogP contribution in [0.2, 0.25) is 0 Å². The number of rotatable bonds is 3. The second kappa shape index (κ2) is 5.85. The number of hydrogen-bond acceptors (Lipinski definition) is 2. The molecule has 0 radical (unpaired) electrons. The van der Waals surface area contributed by atoms with Crippen molar-refractivity contribution >= 4 is 5.91 Å². The summed E-state index contributed by atoms with van der Waals surface area (Å²) in [6, 6.07) is 0.750. The fourth-order valence-corrected chi connectivity index (χ4v) is 3.32. The monoisotopic (exact) mass is 238 g/mol. The Bertz CT molecular complexity index is 259. The Labute approximate surface area is 105 Å². The van der Waals surface area contributed by atoms with Crippen LogP contribution in [0.1, 0.15) is 58.3 Å². The summed E-state index contributed by atoms with van der Waals surface area (Å²) in [4.78, 5) is 11.9. The summed E-state index contributed by atoms with van der Waals surface area (Å²) in [5, 5.41) is 3.19. The standard InChI is InChI=1S/C14H26N2O/c1-10-2-3-11(8-10)9-14(17)16-13-6-4-12(15)5-7-13/h10-13H,2-9,15H2,1H3,(H,16,17). The molecule has 0 heterocycles. The number of nitrogens with one attached hydrogen (secondary N) is 1. The fourth-order valence-electron chi connectivity index (χ4n) is 3.32. The van der Waals surface area contributed by atoms with Crippen molar-refractivity contribution in [2.24, 2.45) is 17.6 Å². The van der Waals surface area contributed by atoms with Crippen LogP contribution in [-0.2, 0) is 4.79 Å². The van der Waals surface area contributed by atoms with Crippen LogP contribution >= 0.6 is 0 Å². The highest BCUT2D eigenvalue weighted by molar-refractivity contribution is 5.76.